The number of rotatable bonds is 6. The van der Waals surface area contributed by atoms with Gasteiger partial charge in [0.05, 0.1) is 24.4 Å². The van der Waals surface area contributed by atoms with Gasteiger partial charge in [-0.25, -0.2) is 4.98 Å². The van der Waals surface area contributed by atoms with Crippen LogP contribution in [-0.4, -0.2) is 59.7 Å². The molecule has 8 nitrogen and oxygen atoms in total. The standard InChI is InChI=1S/C23H27N3O3.CH2O2/c1-6-29-22-11-16(7-8-21(22)27)19-10-14(2)17-9-15(3)18(12-20(17)24-19)25-23(28)13-26(4)5;2-1-3/h7-12,27H,6,13H2,1-5H3,(H,25,28);1H,(H,2,3). The zero-order valence-corrected chi connectivity index (χ0v) is 19.0. The van der Waals surface area contributed by atoms with Crippen molar-refractivity contribution in [3.8, 4) is 22.8 Å². The van der Waals surface area contributed by atoms with Crippen molar-refractivity contribution < 1.29 is 24.5 Å². The minimum absolute atomic E-state index is 0.0646. The zero-order chi connectivity index (χ0) is 23.8. The number of aryl methyl sites for hydroxylation is 2. The molecule has 0 aliphatic carbocycles. The number of aromatic hydroxyl groups is 1. The summed E-state index contributed by atoms with van der Waals surface area (Å²) >= 11 is 0. The van der Waals surface area contributed by atoms with Gasteiger partial charge >= 0.3 is 0 Å². The van der Waals surface area contributed by atoms with Crippen LogP contribution in [0.1, 0.15) is 18.1 Å². The average molecular weight is 440 g/mol. The first kappa shape index (κ1) is 24.6. The molecular weight excluding hydrogens is 410 g/mol. The Kier molecular flexibility index (Phi) is 8.54. The highest BCUT2D eigenvalue weighted by atomic mass is 16.5. The van der Waals surface area contributed by atoms with Crippen molar-refractivity contribution in [3.05, 3.63) is 47.5 Å². The maximum atomic E-state index is 12.2. The number of hydrogen-bond donors (Lipinski definition) is 3. The number of likely N-dealkylation sites (N-methyl/N-ethyl adjacent to an activating group) is 1. The van der Waals surface area contributed by atoms with Crippen LogP contribution in [0.2, 0.25) is 0 Å². The van der Waals surface area contributed by atoms with Crippen molar-refractivity contribution in [2.45, 2.75) is 20.8 Å². The molecule has 32 heavy (non-hydrogen) atoms. The van der Waals surface area contributed by atoms with Crippen molar-refractivity contribution in [3.63, 3.8) is 0 Å². The van der Waals surface area contributed by atoms with E-state index in [9.17, 15) is 9.90 Å². The summed E-state index contributed by atoms with van der Waals surface area (Å²) in [4.78, 5) is 27.2. The molecule has 2 aromatic carbocycles. The van der Waals surface area contributed by atoms with Crippen LogP contribution >= 0.6 is 0 Å². The molecule has 0 aliphatic rings. The lowest BCUT2D eigenvalue weighted by molar-refractivity contribution is -0.123. The summed E-state index contributed by atoms with van der Waals surface area (Å²) in [5.41, 5.74) is 5.28. The number of carbonyl (C=O) groups is 2. The van der Waals surface area contributed by atoms with Crippen molar-refractivity contribution in [2.24, 2.45) is 0 Å². The Morgan fingerprint density at radius 3 is 2.47 bits per heavy atom. The number of nitrogens with one attached hydrogen (secondary N) is 1. The van der Waals surface area contributed by atoms with E-state index >= 15 is 0 Å². The molecule has 0 bridgehead atoms. The number of ether oxygens (including phenoxy) is 1. The molecule has 3 N–H and O–H groups in total. The van der Waals surface area contributed by atoms with Gasteiger partial charge in [0.15, 0.2) is 11.5 Å². The summed E-state index contributed by atoms with van der Waals surface area (Å²) in [6.07, 6.45) is 0. The predicted octanol–water partition coefficient (Wildman–Crippen LogP) is 3.82. The third-order valence-electron chi connectivity index (χ3n) is 4.65. The number of carboxylic acid groups (broad SMARTS) is 1. The van der Waals surface area contributed by atoms with Crippen molar-refractivity contribution in [2.75, 3.05) is 32.6 Å². The minimum atomic E-state index is -0.250. The maximum Gasteiger partial charge on any atom is 0.290 e. The number of amides is 1. The van der Waals surface area contributed by atoms with Crippen molar-refractivity contribution >= 4 is 29.0 Å². The van der Waals surface area contributed by atoms with E-state index < -0.39 is 0 Å². The van der Waals surface area contributed by atoms with Crippen LogP contribution in [-0.2, 0) is 9.59 Å². The molecular formula is C24H29N3O5. The highest BCUT2D eigenvalue weighted by Gasteiger charge is 2.12. The normalized spacial score (nSPS) is 10.4. The zero-order valence-electron chi connectivity index (χ0n) is 19.0. The van der Waals surface area contributed by atoms with Gasteiger partial charge in [-0.05, 0) is 82.4 Å². The molecule has 3 rings (SSSR count). The van der Waals surface area contributed by atoms with E-state index in [1.165, 1.54) is 0 Å². The van der Waals surface area contributed by atoms with Crippen LogP contribution in [0.3, 0.4) is 0 Å². The van der Waals surface area contributed by atoms with Crippen LogP contribution in [0.15, 0.2) is 36.4 Å². The number of pyridine rings is 1. The highest BCUT2D eigenvalue weighted by molar-refractivity contribution is 5.96. The van der Waals surface area contributed by atoms with Crippen LogP contribution in [0, 0.1) is 13.8 Å². The fraction of sp³-hybridized carbons (Fsp3) is 0.292. The Morgan fingerprint density at radius 2 is 1.84 bits per heavy atom. The summed E-state index contributed by atoms with van der Waals surface area (Å²) < 4.78 is 5.50. The SMILES string of the molecule is CCOc1cc(-c2cc(C)c3cc(C)c(NC(=O)CN(C)C)cc3n2)ccc1O.O=CO. The van der Waals surface area contributed by atoms with E-state index in [1.807, 2.05) is 58.0 Å². The Balaban J connectivity index is 0.00000114. The summed E-state index contributed by atoms with van der Waals surface area (Å²) in [6, 6.07) is 11.2. The molecule has 0 saturated carbocycles. The van der Waals surface area contributed by atoms with Gasteiger partial charge in [-0.1, -0.05) is 0 Å². The number of carbonyl (C=O) groups excluding carboxylic acids is 1. The van der Waals surface area contributed by atoms with E-state index in [1.54, 1.807) is 12.1 Å². The quantitative estimate of drug-likeness (QED) is 0.501. The number of fused-ring (bicyclic) bond motifs is 1. The maximum absolute atomic E-state index is 12.2. The molecule has 1 aromatic heterocycles. The van der Waals surface area contributed by atoms with E-state index in [0.29, 0.717) is 18.9 Å². The van der Waals surface area contributed by atoms with E-state index in [0.717, 1.165) is 39.0 Å². The Hall–Kier alpha value is -3.65. The van der Waals surface area contributed by atoms with Crippen LogP contribution < -0.4 is 10.1 Å². The van der Waals surface area contributed by atoms with Gasteiger partial charge in [-0.3, -0.25) is 9.59 Å². The Morgan fingerprint density at radius 1 is 1.16 bits per heavy atom. The van der Waals surface area contributed by atoms with Gasteiger partial charge in [0, 0.05) is 16.6 Å². The lowest BCUT2D eigenvalue weighted by Crippen LogP contribution is -2.27. The number of hydrogen-bond acceptors (Lipinski definition) is 6. The second kappa shape index (κ2) is 11.1. The molecule has 3 aromatic rings. The number of nitrogens with zero attached hydrogens (tertiary/aromatic N) is 2. The summed E-state index contributed by atoms with van der Waals surface area (Å²) in [7, 11) is 3.72. The fourth-order valence-electron chi connectivity index (χ4n) is 3.25. The monoisotopic (exact) mass is 439 g/mol. The number of aromatic nitrogens is 1. The number of phenolic OH excluding ortho intramolecular Hbond substituents is 1. The first-order valence-electron chi connectivity index (χ1n) is 10.1. The van der Waals surface area contributed by atoms with Gasteiger partial charge in [0.1, 0.15) is 0 Å². The first-order valence-corrected chi connectivity index (χ1v) is 10.1. The lowest BCUT2D eigenvalue weighted by Gasteiger charge is -2.14. The summed E-state index contributed by atoms with van der Waals surface area (Å²) in [5, 5.41) is 20.9. The first-order chi connectivity index (χ1) is 15.2. The summed E-state index contributed by atoms with van der Waals surface area (Å²) in [5.74, 6) is 0.477. The van der Waals surface area contributed by atoms with Crippen LogP contribution in [0.25, 0.3) is 22.2 Å². The van der Waals surface area contributed by atoms with E-state index in [2.05, 4.69) is 11.4 Å². The second-order valence-corrected chi connectivity index (χ2v) is 7.52. The second-order valence-electron chi connectivity index (χ2n) is 7.52. The van der Waals surface area contributed by atoms with E-state index in [4.69, 9.17) is 19.6 Å². The lowest BCUT2D eigenvalue weighted by atomic mass is 10.0. The molecule has 0 atom stereocenters. The van der Waals surface area contributed by atoms with Crippen LogP contribution in [0.5, 0.6) is 11.5 Å². The van der Waals surface area contributed by atoms with Gasteiger partial charge < -0.3 is 25.2 Å². The molecule has 0 fully saturated rings. The molecule has 170 valence electrons. The van der Waals surface area contributed by atoms with Crippen molar-refractivity contribution in [1.82, 2.24) is 9.88 Å². The fourth-order valence-corrected chi connectivity index (χ4v) is 3.25. The third kappa shape index (κ3) is 6.18. The van der Waals surface area contributed by atoms with E-state index in [-0.39, 0.29) is 18.1 Å². The van der Waals surface area contributed by atoms with Crippen LogP contribution in [0.4, 0.5) is 5.69 Å². The molecule has 0 unspecified atom stereocenters. The molecule has 0 aliphatic heterocycles. The molecule has 0 saturated heterocycles. The van der Waals surface area contributed by atoms with Crippen molar-refractivity contribution in [1.29, 1.82) is 0 Å². The number of anilines is 1. The molecule has 1 amide bonds. The summed E-state index contributed by atoms with van der Waals surface area (Å²) in [6.45, 7) is 6.43. The number of phenols is 1. The smallest absolute Gasteiger partial charge is 0.290 e. The predicted molar refractivity (Wildman–Crippen MR) is 125 cm³/mol. The molecule has 8 heteroatoms. The largest absolute Gasteiger partial charge is 0.504 e. The molecule has 1 heterocycles. The Labute approximate surface area is 187 Å². The van der Waals surface area contributed by atoms with Gasteiger partial charge in [-0.2, -0.15) is 0 Å². The van der Waals surface area contributed by atoms with Gasteiger partial charge in [0.25, 0.3) is 6.47 Å². The third-order valence-corrected chi connectivity index (χ3v) is 4.65. The number of benzene rings is 2. The average Bonchev–Trinajstić information content (AvgIpc) is 2.71. The molecule has 0 spiro atoms. The van der Waals surface area contributed by atoms with Gasteiger partial charge in [-0.15, -0.1) is 0 Å². The highest BCUT2D eigenvalue weighted by Crippen LogP contribution is 2.33. The minimum Gasteiger partial charge on any atom is -0.504 e. The topological polar surface area (TPSA) is 112 Å². The van der Waals surface area contributed by atoms with Gasteiger partial charge in [0.2, 0.25) is 5.91 Å². The molecule has 0 radical (unpaired) electrons. The Bertz CT molecular complexity index is 1110.